The molecule has 25 heavy (non-hydrogen) atoms. The van der Waals surface area contributed by atoms with Crippen LogP contribution in [0.5, 0.6) is 5.75 Å². The number of carbonyl (C=O) groups excluding carboxylic acids is 2. The van der Waals surface area contributed by atoms with Crippen molar-refractivity contribution in [3.05, 3.63) is 58.6 Å². The summed E-state index contributed by atoms with van der Waals surface area (Å²) < 4.78 is 5.53. The molecule has 130 valence electrons. The Morgan fingerprint density at radius 3 is 2.76 bits per heavy atom. The summed E-state index contributed by atoms with van der Waals surface area (Å²) in [6.45, 7) is 4.22. The van der Waals surface area contributed by atoms with Gasteiger partial charge in [-0.15, -0.1) is 0 Å². The molecule has 6 heteroatoms. The highest BCUT2D eigenvalue weighted by Crippen LogP contribution is 2.39. The van der Waals surface area contributed by atoms with Crippen LogP contribution in [-0.4, -0.2) is 18.4 Å². The molecule has 2 aromatic carbocycles. The summed E-state index contributed by atoms with van der Waals surface area (Å²) in [6, 6.07) is 12.2. The van der Waals surface area contributed by atoms with E-state index in [2.05, 4.69) is 5.32 Å². The predicted octanol–water partition coefficient (Wildman–Crippen LogP) is 3.46. The molecule has 0 saturated heterocycles. The number of rotatable bonds is 5. The second-order valence-corrected chi connectivity index (χ2v) is 6.28. The van der Waals surface area contributed by atoms with E-state index in [1.165, 1.54) is 6.92 Å². The van der Waals surface area contributed by atoms with Gasteiger partial charge in [-0.25, -0.2) is 0 Å². The summed E-state index contributed by atoms with van der Waals surface area (Å²) in [6.07, 6.45) is 0. The zero-order valence-corrected chi connectivity index (χ0v) is 14.8. The fourth-order valence-electron chi connectivity index (χ4n) is 3.00. The summed E-state index contributed by atoms with van der Waals surface area (Å²) >= 11 is 6.04. The van der Waals surface area contributed by atoms with Crippen LogP contribution in [0.15, 0.2) is 42.5 Å². The highest BCUT2D eigenvalue weighted by Gasteiger charge is 2.38. The van der Waals surface area contributed by atoms with E-state index in [-0.39, 0.29) is 11.8 Å². The maximum atomic E-state index is 12.9. The van der Waals surface area contributed by atoms with Gasteiger partial charge in [-0.05, 0) is 42.8 Å². The summed E-state index contributed by atoms with van der Waals surface area (Å²) in [4.78, 5) is 26.1. The SMILES string of the molecule is CCOc1ccc2c(c1)[C@@H](NC(C)=O)C(=O)N2Cc1cccc(Cl)c1. The van der Waals surface area contributed by atoms with Gasteiger partial charge >= 0.3 is 0 Å². The van der Waals surface area contributed by atoms with E-state index < -0.39 is 6.04 Å². The number of nitrogens with zero attached hydrogens (tertiary/aromatic N) is 1. The van der Waals surface area contributed by atoms with Gasteiger partial charge in [-0.2, -0.15) is 0 Å². The Hall–Kier alpha value is -2.53. The third-order valence-electron chi connectivity index (χ3n) is 4.00. The molecule has 1 atom stereocenters. The van der Waals surface area contributed by atoms with Crippen LogP contribution in [0.1, 0.15) is 31.0 Å². The lowest BCUT2D eigenvalue weighted by Gasteiger charge is -2.18. The lowest BCUT2D eigenvalue weighted by molar-refractivity contribution is -0.126. The minimum absolute atomic E-state index is 0.168. The number of hydrogen-bond donors (Lipinski definition) is 1. The van der Waals surface area contributed by atoms with Crippen molar-refractivity contribution in [2.24, 2.45) is 0 Å². The van der Waals surface area contributed by atoms with Crippen LogP contribution in [0, 0.1) is 0 Å². The van der Waals surface area contributed by atoms with Crippen LogP contribution >= 0.6 is 11.6 Å². The zero-order valence-electron chi connectivity index (χ0n) is 14.1. The van der Waals surface area contributed by atoms with Crippen LogP contribution in [-0.2, 0) is 16.1 Å². The maximum absolute atomic E-state index is 12.9. The van der Waals surface area contributed by atoms with Crippen molar-refractivity contribution >= 4 is 29.1 Å². The largest absolute Gasteiger partial charge is 0.494 e. The standard InChI is InChI=1S/C19H19ClN2O3/c1-3-25-15-7-8-17-16(10-15)18(21-12(2)23)19(24)22(17)11-13-5-4-6-14(20)9-13/h4-10,18H,3,11H2,1-2H3,(H,21,23)/t18-/m1/s1. The Morgan fingerprint density at radius 1 is 1.28 bits per heavy atom. The maximum Gasteiger partial charge on any atom is 0.254 e. The molecule has 3 rings (SSSR count). The molecule has 0 bridgehead atoms. The molecule has 0 saturated carbocycles. The predicted molar refractivity (Wildman–Crippen MR) is 96.8 cm³/mol. The first-order chi connectivity index (χ1) is 12.0. The Balaban J connectivity index is 1.97. The monoisotopic (exact) mass is 358 g/mol. The smallest absolute Gasteiger partial charge is 0.254 e. The highest BCUT2D eigenvalue weighted by molar-refractivity contribution is 6.30. The molecule has 0 aliphatic carbocycles. The fourth-order valence-corrected chi connectivity index (χ4v) is 3.21. The van der Waals surface area contributed by atoms with Gasteiger partial charge in [0.15, 0.2) is 0 Å². The van der Waals surface area contributed by atoms with E-state index in [1.807, 2.05) is 43.3 Å². The molecule has 1 heterocycles. The molecule has 0 radical (unpaired) electrons. The zero-order chi connectivity index (χ0) is 18.0. The van der Waals surface area contributed by atoms with E-state index in [0.717, 1.165) is 16.8 Å². The summed E-state index contributed by atoms with van der Waals surface area (Å²) in [5.41, 5.74) is 2.43. The topological polar surface area (TPSA) is 58.6 Å². The molecule has 1 N–H and O–H groups in total. The van der Waals surface area contributed by atoms with Crippen molar-refractivity contribution < 1.29 is 14.3 Å². The van der Waals surface area contributed by atoms with Crippen molar-refractivity contribution in [3.63, 3.8) is 0 Å². The quantitative estimate of drug-likeness (QED) is 0.890. The Kier molecular flexibility index (Phi) is 4.95. The number of fused-ring (bicyclic) bond motifs is 1. The fraction of sp³-hybridized carbons (Fsp3) is 0.263. The molecular weight excluding hydrogens is 340 g/mol. The second kappa shape index (κ2) is 7.15. The van der Waals surface area contributed by atoms with Crippen molar-refractivity contribution in [1.82, 2.24) is 5.32 Å². The molecule has 0 aromatic heterocycles. The minimum Gasteiger partial charge on any atom is -0.494 e. The van der Waals surface area contributed by atoms with Gasteiger partial charge in [-0.1, -0.05) is 23.7 Å². The van der Waals surface area contributed by atoms with E-state index in [0.29, 0.717) is 23.9 Å². The highest BCUT2D eigenvalue weighted by atomic mass is 35.5. The lowest BCUT2D eigenvalue weighted by Crippen LogP contribution is -2.36. The average molecular weight is 359 g/mol. The first-order valence-electron chi connectivity index (χ1n) is 8.09. The number of amides is 2. The van der Waals surface area contributed by atoms with E-state index in [4.69, 9.17) is 16.3 Å². The molecule has 2 aromatic rings. The van der Waals surface area contributed by atoms with E-state index in [1.54, 1.807) is 11.0 Å². The number of benzene rings is 2. The van der Waals surface area contributed by atoms with Gasteiger partial charge in [-0.3, -0.25) is 9.59 Å². The summed E-state index contributed by atoms with van der Waals surface area (Å²) in [7, 11) is 0. The molecule has 0 spiro atoms. The summed E-state index contributed by atoms with van der Waals surface area (Å²) in [5.74, 6) is 0.253. The van der Waals surface area contributed by atoms with Crippen molar-refractivity contribution in [2.45, 2.75) is 26.4 Å². The van der Waals surface area contributed by atoms with Crippen molar-refractivity contribution in [1.29, 1.82) is 0 Å². The van der Waals surface area contributed by atoms with Crippen LogP contribution in [0.2, 0.25) is 5.02 Å². The molecule has 0 unspecified atom stereocenters. The third kappa shape index (κ3) is 3.61. The number of carbonyl (C=O) groups is 2. The average Bonchev–Trinajstić information content (AvgIpc) is 2.80. The molecular formula is C19H19ClN2O3. The number of nitrogens with one attached hydrogen (secondary N) is 1. The van der Waals surface area contributed by atoms with Gasteiger partial charge in [0.05, 0.1) is 18.8 Å². The molecule has 5 nitrogen and oxygen atoms in total. The van der Waals surface area contributed by atoms with Gasteiger partial charge in [0.1, 0.15) is 11.8 Å². The first-order valence-corrected chi connectivity index (χ1v) is 8.47. The minimum atomic E-state index is -0.702. The molecule has 1 aliphatic heterocycles. The van der Waals surface area contributed by atoms with Gasteiger partial charge < -0.3 is 15.0 Å². The number of hydrogen-bond acceptors (Lipinski definition) is 3. The van der Waals surface area contributed by atoms with E-state index in [9.17, 15) is 9.59 Å². The van der Waals surface area contributed by atoms with Crippen LogP contribution in [0.25, 0.3) is 0 Å². The Labute approximate surface area is 151 Å². The Morgan fingerprint density at radius 2 is 2.08 bits per heavy atom. The van der Waals surface area contributed by atoms with Crippen molar-refractivity contribution in [3.8, 4) is 5.75 Å². The van der Waals surface area contributed by atoms with Gasteiger partial charge in [0.25, 0.3) is 5.91 Å². The van der Waals surface area contributed by atoms with Gasteiger partial charge in [0.2, 0.25) is 5.91 Å². The van der Waals surface area contributed by atoms with Gasteiger partial charge in [0, 0.05) is 17.5 Å². The second-order valence-electron chi connectivity index (χ2n) is 5.84. The van der Waals surface area contributed by atoms with Crippen LogP contribution in [0.4, 0.5) is 5.69 Å². The summed E-state index contributed by atoms with van der Waals surface area (Å²) in [5, 5.41) is 3.35. The van der Waals surface area contributed by atoms with E-state index >= 15 is 0 Å². The molecule has 2 amide bonds. The normalized spacial score (nSPS) is 15.9. The third-order valence-corrected chi connectivity index (χ3v) is 4.24. The molecule has 1 aliphatic rings. The van der Waals surface area contributed by atoms with Crippen LogP contribution in [0.3, 0.4) is 0 Å². The number of ether oxygens (including phenoxy) is 1. The van der Waals surface area contributed by atoms with Crippen molar-refractivity contribution in [2.75, 3.05) is 11.5 Å². The first kappa shape index (κ1) is 17.3. The number of anilines is 1. The number of halogens is 1. The van der Waals surface area contributed by atoms with Crippen LogP contribution < -0.4 is 15.0 Å². The Bertz CT molecular complexity index is 822. The lowest BCUT2D eigenvalue weighted by atomic mass is 10.1. The molecule has 0 fully saturated rings.